The molecule has 0 fully saturated rings. The summed E-state index contributed by atoms with van der Waals surface area (Å²) in [6.07, 6.45) is 1.62. The minimum absolute atomic E-state index is 0.655. The highest BCUT2D eigenvalue weighted by molar-refractivity contribution is 7.26. The van der Waals surface area contributed by atoms with Crippen molar-refractivity contribution in [2.45, 2.75) is 0 Å². The standard InChI is InChI=1S/C40H22N2O2S/c1-3-16-33-27(10-1)29-13-7-15-31(38(29)43-33)36-39-37(42-22-41-36)32-21-24(18-19-34(32)44-39)23-8-5-9-25(20-23)26-12-6-14-30-28-11-2-4-17-35(28)45-40(26)30/h1-22H. The van der Waals surface area contributed by atoms with Crippen LogP contribution in [-0.4, -0.2) is 9.97 Å². The van der Waals surface area contributed by atoms with Crippen LogP contribution in [-0.2, 0) is 0 Å². The Morgan fingerprint density at radius 3 is 2.13 bits per heavy atom. The minimum Gasteiger partial charge on any atom is -0.455 e. The number of hydrogen-bond donors (Lipinski definition) is 0. The molecule has 10 rings (SSSR count). The summed E-state index contributed by atoms with van der Waals surface area (Å²) in [6.45, 7) is 0. The molecule has 0 aliphatic rings. The van der Waals surface area contributed by atoms with Crippen molar-refractivity contribution in [2.24, 2.45) is 0 Å². The molecule has 4 heterocycles. The molecule has 0 radical (unpaired) electrons. The van der Waals surface area contributed by atoms with Gasteiger partial charge in [-0.05, 0) is 58.7 Å². The van der Waals surface area contributed by atoms with Gasteiger partial charge in [-0.25, -0.2) is 9.97 Å². The fourth-order valence-corrected chi connectivity index (χ4v) is 7.96. The molecular formula is C40H22N2O2S. The molecule has 210 valence electrons. The van der Waals surface area contributed by atoms with E-state index in [9.17, 15) is 0 Å². The molecule has 0 spiro atoms. The van der Waals surface area contributed by atoms with Crippen LogP contribution in [0, 0.1) is 0 Å². The highest BCUT2D eigenvalue weighted by Crippen LogP contribution is 2.42. The molecule has 0 N–H and O–H groups in total. The van der Waals surface area contributed by atoms with Crippen LogP contribution in [0.1, 0.15) is 0 Å². The maximum absolute atomic E-state index is 6.46. The van der Waals surface area contributed by atoms with Crippen molar-refractivity contribution in [1.29, 1.82) is 0 Å². The predicted octanol–water partition coefficient (Wildman–Crippen LogP) is 11.6. The summed E-state index contributed by atoms with van der Waals surface area (Å²) < 4.78 is 15.4. The summed E-state index contributed by atoms with van der Waals surface area (Å²) in [6, 6.07) is 44.7. The fraction of sp³-hybridized carbons (Fsp3) is 0. The first kappa shape index (κ1) is 24.6. The Hall–Kier alpha value is -5.78. The molecule has 6 aromatic carbocycles. The molecular weight excluding hydrogens is 573 g/mol. The van der Waals surface area contributed by atoms with Crippen LogP contribution in [0.5, 0.6) is 0 Å². The molecule has 0 aliphatic heterocycles. The Kier molecular flexibility index (Phi) is 5.12. The minimum atomic E-state index is 0.655. The van der Waals surface area contributed by atoms with E-state index in [0.717, 1.165) is 60.8 Å². The topological polar surface area (TPSA) is 52.1 Å². The molecule has 4 nitrogen and oxygen atoms in total. The van der Waals surface area contributed by atoms with Gasteiger partial charge in [0.2, 0.25) is 0 Å². The molecule has 0 atom stereocenters. The van der Waals surface area contributed by atoms with Gasteiger partial charge in [-0.15, -0.1) is 11.3 Å². The van der Waals surface area contributed by atoms with E-state index >= 15 is 0 Å². The third kappa shape index (κ3) is 3.65. The van der Waals surface area contributed by atoms with Crippen LogP contribution in [0.2, 0.25) is 0 Å². The lowest BCUT2D eigenvalue weighted by atomic mass is 9.97. The second-order valence-corrected chi connectivity index (χ2v) is 12.4. The van der Waals surface area contributed by atoms with Gasteiger partial charge >= 0.3 is 0 Å². The number of hydrogen-bond acceptors (Lipinski definition) is 5. The van der Waals surface area contributed by atoms with Crippen LogP contribution < -0.4 is 0 Å². The normalized spacial score (nSPS) is 12.0. The maximum atomic E-state index is 6.46. The number of aromatic nitrogens is 2. The van der Waals surface area contributed by atoms with Gasteiger partial charge < -0.3 is 8.83 Å². The average Bonchev–Trinajstić information content (AvgIpc) is 3.79. The lowest BCUT2D eigenvalue weighted by molar-refractivity contribution is 0.662. The van der Waals surface area contributed by atoms with Gasteiger partial charge in [0, 0.05) is 41.9 Å². The molecule has 0 unspecified atom stereocenters. The zero-order valence-corrected chi connectivity index (χ0v) is 24.6. The van der Waals surface area contributed by atoms with Crippen molar-refractivity contribution >= 4 is 75.5 Å². The van der Waals surface area contributed by atoms with Crippen LogP contribution in [0.3, 0.4) is 0 Å². The van der Waals surface area contributed by atoms with Gasteiger partial charge in [-0.2, -0.15) is 0 Å². The Morgan fingerprint density at radius 2 is 1.18 bits per heavy atom. The van der Waals surface area contributed by atoms with Crippen LogP contribution >= 0.6 is 11.3 Å². The van der Waals surface area contributed by atoms with E-state index in [1.807, 2.05) is 47.7 Å². The van der Waals surface area contributed by atoms with Crippen molar-refractivity contribution in [3.8, 4) is 33.5 Å². The van der Waals surface area contributed by atoms with Gasteiger partial charge in [0.1, 0.15) is 34.3 Å². The van der Waals surface area contributed by atoms with E-state index in [0.29, 0.717) is 5.58 Å². The zero-order chi connectivity index (χ0) is 29.5. The summed E-state index contributed by atoms with van der Waals surface area (Å²) in [4.78, 5) is 9.39. The fourth-order valence-electron chi connectivity index (χ4n) is 6.72. The number of thiophene rings is 1. The Balaban J connectivity index is 1.12. The Labute approximate surface area is 260 Å². The summed E-state index contributed by atoms with van der Waals surface area (Å²) in [5, 5.41) is 5.71. The average molecular weight is 595 g/mol. The lowest BCUT2D eigenvalue weighted by Gasteiger charge is -2.08. The first-order chi connectivity index (χ1) is 22.3. The Bertz CT molecular complexity index is 2780. The van der Waals surface area contributed by atoms with Crippen LogP contribution in [0.15, 0.2) is 143 Å². The Morgan fingerprint density at radius 1 is 0.467 bits per heavy atom. The monoisotopic (exact) mass is 594 g/mol. The third-order valence-corrected chi connectivity index (χ3v) is 10.0. The molecule has 0 bridgehead atoms. The van der Waals surface area contributed by atoms with E-state index in [1.165, 1.54) is 31.3 Å². The second-order valence-electron chi connectivity index (χ2n) is 11.4. The van der Waals surface area contributed by atoms with Crippen molar-refractivity contribution in [3.63, 3.8) is 0 Å². The maximum Gasteiger partial charge on any atom is 0.180 e. The molecule has 4 aromatic heterocycles. The van der Waals surface area contributed by atoms with E-state index in [1.54, 1.807) is 6.33 Å². The van der Waals surface area contributed by atoms with Gasteiger partial charge in [0.15, 0.2) is 5.58 Å². The molecule has 0 amide bonds. The SMILES string of the molecule is c1cc(-c2ccc3oc4c(-c5cccc6c5oc5ccccc56)ncnc4c3c2)cc(-c2cccc3c2sc2ccccc23)c1. The first-order valence-corrected chi connectivity index (χ1v) is 15.7. The van der Waals surface area contributed by atoms with Crippen LogP contribution in [0.25, 0.3) is 97.7 Å². The smallest absolute Gasteiger partial charge is 0.180 e. The highest BCUT2D eigenvalue weighted by Gasteiger charge is 2.20. The first-order valence-electron chi connectivity index (χ1n) is 14.9. The van der Waals surface area contributed by atoms with E-state index < -0.39 is 0 Å². The second kappa shape index (κ2) is 9.36. The van der Waals surface area contributed by atoms with Crippen molar-refractivity contribution in [2.75, 3.05) is 0 Å². The number of nitrogens with zero attached hydrogens (tertiary/aromatic N) is 2. The molecule has 0 aliphatic carbocycles. The lowest BCUT2D eigenvalue weighted by Crippen LogP contribution is -1.87. The quantitative estimate of drug-likeness (QED) is 0.204. The van der Waals surface area contributed by atoms with Crippen molar-refractivity contribution < 1.29 is 8.83 Å². The summed E-state index contributed by atoms with van der Waals surface area (Å²) in [5.41, 5.74) is 10.2. The van der Waals surface area contributed by atoms with Gasteiger partial charge in [0.25, 0.3) is 0 Å². The van der Waals surface area contributed by atoms with Gasteiger partial charge in [0.05, 0.1) is 0 Å². The molecule has 0 saturated heterocycles. The van der Waals surface area contributed by atoms with E-state index in [4.69, 9.17) is 18.8 Å². The summed E-state index contributed by atoms with van der Waals surface area (Å²) >= 11 is 1.86. The molecule has 5 heteroatoms. The number of furan rings is 2. The van der Waals surface area contributed by atoms with E-state index in [-0.39, 0.29) is 0 Å². The number of para-hydroxylation sites is 2. The van der Waals surface area contributed by atoms with Crippen molar-refractivity contribution in [3.05, 3.63) is 134 Å². The largest absolute Gasteiger partial charge is 0.455 e. The summed E-state index contributed by atoms with van der Waals surface area (Å²) in [5.74, 6) is 0. The molecule has 10 aromatic rings. The molecule has 0 saturated carbocycles. The van der Waals surface area contributed by atoms with Gasteiger partial charge in [-0.1, -0.05) is 91.0 Å². The number of fused-ring (bicyclic) bond motifs is 9. The number of benzene rings is 6. The predicted molar refractivity (Wildman–Crippen MR) is 186 cm³/mol. The van der Waals surface area contributed by atoms with Gasteiger partial charge in [-0.3, -0.25) is 0 Å². The highest BCUT2D eigenvalue weighted by atomic mass is 32.1. The van der Waals surface area contributed by atoms with Crippen LogP contribution in [0.4, 0.5) is 0 Å². The zero-order valence-electron chi connectivity index (χ0n) is 23.8. The summed E-state index contributed by atoms with van der Waals surface area (Å²) in [7, 11) is 0. The third-order valence-electron chi connectivity index (χ3n) is 8.82. The van der Waals surface area contributed by atoms with Crippen molar-refractivity contribution in [1.82, 2.24) is 9.97 Å². The van der Waals surface area contributed by atoms with E-state index in [2.05, 4.69) is 91.0 Å². The molecule has 45 heavy (non-hydrogen) atoms. The number of rotatable bonds is 3.